The number of thioether (sulfide) groups is 1. The highest BCUT2D eigenvalue weighted by Gasteiger charge is 2.55. The molecule has 2 atom stereocenters. The maximum absolute atomic E-state index is 13.1. The Labute approximate surface area is 218 Å². The van der Waals surface area contributed by atoms with Gasteiger partial charge in [-0.15, -0.1) is 11.8 Å². The molecule has 2 aromatic heterocycles. The van der Waals surface area contributed by atoms with Crippen molar-refractivity contribution in [1.82, 2.24) is 19.6 Å². The van der Waals surface area contributed by atoms with Gasteiger partial charge in [0, 0.05) is 29.3 Å². The Balaban J connectivity index is 1.35. The molecule has 1 saturated heterocycles. The maximum atomic E-state index is 13.1. The van der Waals surface area contributed by atoms with Gasteiger partial charge >= 0.3 is 5.97 Å². The smallest absolute Gasteiger partial charge is 0.352 e. The van der Waals surface area contributed by atoms with Gasteiger partial charge in [-0.2, -0.15) is 13.9 Å². The number of carbonyl (C=O) groups excluding carboxylic acids is 2. The lowest BCUT2D eigenvalue weighted by Gasteiger charge is -2.49. The predicted molar refractivity (Wildman–Crippen MR) is 133 cm³/mol. The molecule has 0 saturated carbocycles. The summed E-state index contributed by atoms with van der Waals surface area (Å²) >= 11 is 4.03. The summed E-state index contributed by atoms with van der Waals surface area (Å²) in [5.41, 5.74) is 9.40. The van der Waals surface area contributed by atoms with Crippen molar-refractivity contribution < 1.29 is 28.9 Å². The fourth-order valence-corrected chi connectivity index (χ4v) is 7.32. The third-order valence-electron chi connectivity index (χ3n) is 6.11. The van der Waals surface area contributed by atoms with Crippen molar-refractivity contribution in [3.63, 3.8) is 0 Å². The number of aliphatic carboxylic acids is 1. The number of thiazole rings is 1. The first kappa shape index (κ1) is 24.6. The number of nitrogens with one attached hydrogen (secondary N) is 1. The van der Waals surface area contributed by atoms with E-state index in [0.29, 0.717) is 17.9 Å². The van der Waals surface area contributed by atoms with E-state index in [4.69, 9.17) is 10.6 Å². The molecule has 0 aromatic carbocycles. The zero-order chi connectivity index (χ0) is 25.4. The Morgan fingerprint density at radius 1 is 1.39 bits per heavy atom. The lowest BCUT2D eigenvalue weighted by molar-refractivity contribution is -0.692. The molecule has 3 aliphatic rings. The average Bonchev–Trinajstić information content (AvgIpc) is 3.48. The van der Waals surface area contributed by atoms with Crippen LogP contribution in [0, 0.1) is 0 Å². The zero-order valence-corrected chi connectivity index (χ0v) is 21.7. The fraction of sp³-hybridized carbons (Fsp3) is 0.476. The topological polar surface area (TPSA) is 164 Å². The van der Waals surface area contributed by atoms with Crippen molar-refractivity contribution in [3.05, 3.63) is 33.2 Å². The van der Waals surface area contributed by atoms with Crippen molar-refractivity contribution >= 4 is 63.3 Å². The first-order valence-electron chi connectivity index (χ1n) is 11.4. The van der Waals surface area contributed by atoms with Gasteiger partial charge in [0.25, 0.3) is 11.8 Å². The second-order valence-corrected chi connectivity index (χ2v) is 11.2. The van der Waals surface area contributed by atoms with Gasteiger partial charge in [0.05, 0.1) is 4.88 Å². The van der Waals surface area contributed by atoms with E-state index in [1.165, 1.54) is 33.7 Å². The van der Waals surface area contributed by atoms with Gasteiger partial charge in [-0.05, 0) is 26.2 Å². The minimum Gasteiger partial charge on any atom is -0.477 e. The Morgan fingerprint density at radius 2 is 2.19 bits per heavy atom. The molecule has 2 amide bonds. The summed E-state index contributed by atoms with van der Waals surface area (Å²) in [5, 5.41) is 16.1. The lowest BCUT2D eigenvalue weighted by atomic mass is 10.0. The molecular formula is C21H24N7O5S3+. The molecule has 4 heterocycles. The van der Waals surface area contributed by atoms with Crippen LogP contribution >= 0.6 is 34.6 Å². The van der Waals surface area contributed by atoms with Crippen molar-refractivity contribution in [2.45, 2.75) is 50.6 Å². The summed E-state index contributed by atoms with van der Waals surface area (Å²) in [6, 6.07) is -0.914. The average molecular weight is 551 g/mol. The summed E-state index contributed by atoms with van der Waals surface area (Å²) in [6.07, 6.45) is 4.33. The third-order valence-corrected chi connectivity index (χ3v) is 9.08. The van der Waals surface area contributed by atoms with Crippen LogP contribution < -0.4 is 15.6 Å². The minimum atomic E-state index is -1.15. The number of nitrogens with zero attached hydrogens (tertiary/aromatic N) is 5. The van der Waals surface area contributed by atoms with Crippen molar-refractivity contribution in [2.24, 2.45) is 5.16 Å². The number of aryl methyl sites for hydroxylation is 1. The molecule has 0 spiro atoms. The molecule has 0 bridgehead atoms. The molecule has 36 heavy (non-hydrogen) atoms. The van der Waals surface area contributed by atoms with Crippen molar-refractivity contribution in [3.8, 4) is 0 Å². The summed E-state index contributed by atoms with van der Waals surface area (Å²) in [4.78, 5) is 49.9. The van der Waals surface area contributed by atoms with Crippen LogP contribution in [0.5, 0.6) is 0 Å². The SMILES string of the molecule is CCO/N=C(\C(=O)N[C@@H]1C(=O)N2C(C(=O)O)=C(C[n+]3csc4c3CCCC4)CS[C@H]12)c1nsc(N)n1. The number of nitrogen functional groups attached to an aromatic ring is 1. The molecule has 12 nitrogen and oxygen atoms in total. The summed E-state index contributed by atoms with van der Waals surface area (Å²) in [7, 11) is 0. The van der Waals surface area contributed by atoms with Gasteiger partial charge in [-0.1, -0.05) is 16.5 Å². The molecule has 15 heteroatoms. The standard InChI is InChI=1S/C21H23N7O5S3/c1-2-33-25-13(16-24-21(22)36-26-16)17(29)23-14-18(30)28-15(20(31)32)10(8-34-19(14)28)7-27-9-35-12-6-4-3-5-11(12)27/h9,14,19H,2-8H2,1H3,(H3-,22,23,24,26,29,31,32)/p+1/b25-13-/t14-,19-/m1/s1. The predicted octanol–water partition coefficient (Wildman–Crippen LogP) is 0.528. The van der Waals surface area contributed by atoms with Crippen molar-refractivity contribution in [1.29, 1.82) is 0 Å². The molecule has 190 valence electrons. The molecule has 1 fully saturated rings. The number of carbonyl (C=O) groups is 3. The number of fused-ring (bicyclic) bond motifs is 2. The number of oxime groups is 1. The summed E-state index contributed by atoms with van der Waals surface area (Å²) in [6.45, 7) is 2.34. The quantitative estimate of drug-likeness (QED) is 0.184. The largest absolute Gasteiger partial charge is 0.477 e. The van der Waals surface area contributed by atoms with Crippen LogP contribution in [0.2, 0.25) is 0 Å². The second-order valence-electron chi connectivity index (χ2n) is 8.36. The Hall–Kier alpha value is -3.04. The van der Waals surface area contributed by atoms with E-state index in [2.05, 4.69) is 24.4 Å². The van der Waals surface area contributed by atoms with Crippen LogP contribution in [0.1, 0.15) is 36.2 Å². The van der Waals surface area contributed by atoms with E-state index in [0.717, 1.165) is 30.8 Å². The molecule has 5 rings (SSSR count). The number of rotatable bonds is 8. The molecular weight excluding hydrogens is 526 g/mol. The number of carboxylic acid groups (broad SMARTS) is 1. The number of carboxylic acids is 1. The van der Waals surface area contributed by atoms with E-state index in [1.807, 2.05) is 5.51 Å². The van der Waals surface area contributed by atoms with Crippen LogP contribution in [0.15, 0.2) is 21.9 Å². The maximum Gasteiger partial charge on any atom is 0.352 e. The zero-order valence-electron chi connectivity index (χ0n) is 19.3. The number of nitrogens with two attached hydrogens (primary N) is 1. The van der Waals surface area contributed by atoms with Gasteiger partial charge in [-0.3, -0.25) is 14.5 Å². The Kier molecular flexibility index (Phi) is 6.94. The lowest BCUT2D eigenvalue weighted by Crippen LogP contribution is -2.71. The van der Waals surface area contributed by atoms with E-state index in [-0.39, 0.29) is 29.0 Å². The monoisotopic (exact) mass is 550 g/mol. The van der Waals surface area contributed by atoms with Crippen LogP contribution in [0.25, 0.3) is 0 Å². The Morgan fingerprint density at radius 3 is 2.92 bits per heavy atom. The summed E-state index contributed by atoms with van der Waals surface area (Å²) in [5.74, 6) is -1.92. The van der Waals surface area contributed by atoms with E-state index < -0.39 is 29.2 Å². The number of hydrogen-bond donors (Lipinski definition) is 3. The minimum absolute atomic E-state index is 0.00495. The van der Waals surface area contributed by atoms with Gasteiger partial charge in [-0.25, -0.2) is 4.79 Å². The number of hydrogen-bond acceptors (Lipinski definition) is 11. The van der Waals surface area contributed by atoms with Crippen LogP contribution in [-0.2, 0) is 38.6 Å². The van der Waals surface area contributed by atoms with Gasteiger partial charge in [0.2, 0.25) is 17.0 Å². The van der Waals surface area contributed by atoms with Gasteiger partial charge < -0.3 is 21.0 Å². The van der Waals surface area contributed by atoms with Crippen molar-refractivity contribution in [2.75, 3.05) is 18.1 Å². The van der Waals surface area contributed by atoms with Crippen LogP contribution in [-0.4, -0.2) is 66.6 Å². The highest BCUT2D eigenvalue weighted by molar-refractivity contribution is 8.00. The number of aromatic nitrogens is 3. The summed E-state index contributed by atoms with van der Waals surface area (Å²) < 4.78 is 6.12. The highest BCUT2D eigenvalue weighted by Crippen LogP contribution is 2.40. The molecule has 2 aliphatic heterocycles. The Bertz CT molecular complexity index is 1290. The molecule has 2 aromatic rings. The first-order valence-corrected chi connectivity index (χ1v) is 14.1. The molecule has 4 N–H and O–H groups in total. The van der Waals surface area contributed by atoms with Gasteiger partial charge in [0.15, 0.2) is 17.4 Å². The van der Waals surface area contributed by atoms with Crippen LogP contribution in [0.4, 0.5) is 5.13 Å². The highest BCUT2D eigenvalue weighted by atomic mass is 32.2. The number of β-lactam (4-membered cyclic amide) rings is 1. The molecule has 1 aliphatic carbocycles. The second kappa shape index (κ2) is 10.1. The van der Waals surface area contributed by atoms with Gasteiger partial charge in [0.1, 0.15) is 23.7 Å². The van der Waals surface area contributed by atoms with Crippen LogP contribution in [0.3, 0.4) is 0 Å². The van der Waals surface area contributed by atoms with E-state index in [1.54, 1.807) is 18.3 Å². The first-order chi connectivity index (χ1) is 17.4. The normalized spacial score (nSPS) is 21.5. The fourth-order valence-electron chi connectivity index (χ4n) is 4.48. The van der Waals surface area contributed by atoms with E-state index >= 15 is 0 Å². The molecule has 0 radical (unpaired) electrons. The van der Waals surface area contributed by atoms with E-state index in [9.17, 15) is 19.5 Å². The molecule has 0 unspecified atom stereocenters. The number of anilines is 1. The number of amides is 2. The third kappa shape index (κ3) is 4.46.